The summed E-state index contributed by atoms with van der Waals surface area (Å²) in [6.07, 6.45) is 2.32. The molecule has 0 aromatic heterocycles. The van der Waals surface area contributed by atoms with Crippen molar-refractivity contribution in [3.05, 3.63) is 58.4 Å². The Morgan fingerprint density at radius 3 is 2.12 bits per heavy atom. The van der Waals surface area contributed by atoms with Crippen LogP contribution in [0, 0.1) is 0 Å². The van der Waals surface area contributed by atoms with Crippen LogP contribution >= 0.6 is 0 Å². The second-order valence-corrected chi connectivity index (χ2v) is 8.94. The summed E-state index contributed by atoms with van der Waals surface area (Å²) in [5, 5.41) is 1.97. The second-order valence-electron chi connectivity index (χ2n) is 5.29. The van der Waals surface area contributed by atoms with Gasteiger partial charge >= 0.3 is 0 Å². The average molecular weight is 228 g/mol. The number of benzene rings is 1. The predicted molar refractivity (Wildman–Crippen MR) is 74.1 cm³/mol. The molecule has 0 saturated heterocycles. The van der Waals surface area contributed by atoms with Crippen LogP contribution in [0.1, 0.15) is 33.3 Å². The van der Waals surface area contributed by atoms with Gasteiger partial charge in [0.15, 0.2) is 0 Å². The van der Waals surface area contributed by atoms with E-state index in [1.807, 2.05) is 0 Å². The van der Waals surface area contributed by atoms with Crippen LogP contribution in [0.4, 0.5) is 0 Å². The smallest absolute Gasteiger partial charge is 0.0922 e. The van der Waals surface area contributed by atoms with Gasteiger partial charge in [0.2, 0.25) is 0 Å². The van der Waals surface area contributed by atoms with Gasteiger partial charge in [-0.25, -0.2) is 0 Å². The Balaban J connectivity index is 2.38. The molecule has 0 aliphatic carbocycles. The molecule has 1 atom stereocenters. The highest BCUT2D eigenvalue weighted by Crippen LogP contribution is 2.34. The summed E-state index contributed by atoms with van der Waals surface area (Å²) in [5.74, 6) is 0. The zero-order valence-electron chi connectivity index (χ0n) is 10.6. The first-order chi connectivity index (χ1) is 7.53. The fourth-order valence-electron chi connectivity index (χ4n) is 2.59. The van der Waals surface area contributed by atoms with Gasteiger partial charge in [-0.3, -0.25) is 0 Å². The second kappa shape index (κ2) is 4.06. The maximum atomic E-state index is 2.48. The molecule has 1 aromatic rings. The van der Waals surface area contributed by atoms with E-state index in [4.69, 9.17) is 0 Å². The third-order valence-electron chi connectivity index (χ3n) is 3.92. The highest BCUT2D eigenvalue weighted by molar-refractivity contribution is 6.75. The van der Waals surface area contributed by atoms with E-state index in [9.17, 15) is 0 Å². The topological polar surface area (TPSA) is 0 Å². The van der Waals surface area contributed by atoms with Crippen molar-refractivity contribution >= 4 is 8.80 Å². The summed E-state index contributed by atoms with van der Waals surface area (Å²) >= 11 is 0. The van der Waals surface area contributed by atoms with Crippen LogP contribution in [0.3, 0.4) is 0 Å². The van der Waals surface area contributed by atoms with Crippen LogP contribution in [0.5, 0.6) is 0 Å². The first-order valence-corrected chi connectivity index (χ1v) is 7.76. The van der Waals surface area contributed by atoms with E-state index in [2.05, 4.69) is 69.8 Å². The molecule has 0 fully saturated rings. The molecule has 1 aliphatic heterocycles. The fourth-order valence-corrected chi connectivity index (χ4v) is 6.06. The number of hydrogen-bond acceptors (Lipinski definition) is 0. The molecule has 0 amide bonds. The third-order valence-corrected chi connectivity index (χ3v) is 7.78. The Bertz CT molecular complexity index is 438. The van der Waals surface area contributed by atoms with Crippen molar-refractivity contribution in [2.45, 2.75) is 32.7 Å². The number of rotatable bonds is 2. The minimum atomic E-state index is -0.970. The molecular formula is C15H20Si. The van der Waals surface area contributed by atoms with Gasteiger partial charge in [-0.05, 0) is 24.4 Å². The Morgan fingerprint density at radius 2 is 1.62 bits per heavy atom. The van der Waals surface area contributed by atoms with Gasteiger partial charge in [0.05, 0.1) is 8.80 Å². The third kappa shape index (κ3) is 1.80. The predicted octanol–water partition coefficient (Wildman–Crippen LogP) is 3.72. The standard InChI is InChI=1S/C15H20Si/c1-12-10-11-16(13(12)2)15(3,4)14-8-6-5-7-9-14/h5-11,16H,1-4H3. The van der Waals surface area contributed by atoms with Gasteiger partial charge in [0.1, 0.15) is 0 Å². The van der Waals surface area contributed by atoms with Crippen molar-refractivity contribution in [1.82, 2.24) is 0 Å². The number of allylic oxidation sites excluding steroid dienone is 3. The molecule has 0 saturated carbocycles. The molecule has 1 unspecified atom stereocenters. The molecule has 1 heterocycles. The molecule has 16 heavy (non-hydrogen) atoms. The van der Waals surface area contributed by atoms with Crippen molar-refractivity contribution in [1.29, 1.82) is 0 Å². The maximum Gasteiger partial charge on any atom is 0.0986 e. The maximum absolute atomic E-state index is 2.48. The lowest BCUT2D eigenvalue weighted by Gasteiger charge is -2.31. The average Bonchev–Trinajstić information content (AvgIpc) is 2.61. The highest BCUT2D eigenvalue weighted by Gasteiger charge is 2.34. The van der Waals surface area contributed by atoms with Gasteiger partial charge in [0, 0.05) is 0 Å². The fraction of sp³-hybridized carbons (Fsp3) is 0.333. The van der Waals surface area contributed by atoms with Crippen molar-refractivity contribution in [2.24, 2.45) is 0 Å². The van der Waals surface area contributed by atoms with E-state index in [0.717, 1.165) is 0 Å². The lowest BCUT2D eigenvalue weighted by Crippen LogP contribution is -2.37. The SMILES string of the molecule is CC1=C(C)[SiH](C(C)(C)c2ccccc2)C=C1. The van der Waals surface area contributed by atoms with Gasteiger partial charge in [0.25, 0.3) is 0 Å². The summed E-state index contributed by atoms with van der Waals surface area (Å²) in [5.41, 5.74) is 5.45. The first-order valence-electron chi connectivity index (χ1n) is 5.94. The molecule has 0 N–H and O–H groups in total. The summed E-state index contributed by atoms with van der Waals surface area (Å²) in [7, 11) is -0.970. The molecule has 0 spiro atoms. The Hall–Kier alpha value is -1.08. The summed E-state index contributed by atoms with van der Waals surface area (Å²) in [6.45, 7) is 9.34. The molecule has 1 aliphatic rings. The van der Waals surface area contributed by atoms with E-state index in [0.29, 0.717) is 5.04 Å². The van der Waals surface area contributed by atoms with E-state index >= 15 is 0 Å². The normalized spacial score (nSPS) is 20.6. The first kappa shape index (κ1) is 11.4. The van der Waals surface area contributed by atoms with E-state index < -0.39 is 8.80 Å². The van der Waals surface area contributed by atoms with Gasteiger partial charge in [-0.15, -0.1) is 0 Å². The lowest BCUT2D eigenvalue weighted by molar-refractivity contribution is 0.743. The molecule has 84 valence electrons. The van der Waals surface area contributed by atoms with Crippen molar-refractivity contribution in [3.8, 4) is 0 Å². The largest absolute Gasteiger partial charge is 0.0986 e. The molecule has 1 aromatic carbocycles. The van der Waals surface area contributed by atoms with Crippen molar-refractivity contribution < 1.29 is 0 Å². The Morgan fingerprint density at radius 1 is 1.00 bits per heavy atom. The van der Waals surface area contributed by atoms with Gasteiger partial charge in [-0.1, -0.05) is 66.7 Å². The summed E-state index contributed by atoms with van der Waals surface area (Å²) in [6, 6.07) is 10.9. The molecular weight excluding hydrogens is 208 g/mol. The molecule has 1 heteroatoms. The van der Waals surface area contributed by atoms with Crippen molar-refractivity contribution in [3.63, 3.8) is 0 Å². The van der Waals surface area contributed by atoms with Gasteiger partial charge < -0.3 is 0 Å². The minimum absolute atomic E-state index is 0.319. The van der Waals surface area contributed by atoms with Gasteiger partial charge in [-0.2, -0.15) is 0 Å². The Labute approximate surface area is 100 Å². The molecule has 2 rings (SSSR count). The van der Waals surface area contributed by atoms with Crippen LogP contribution in [0.15, 0.2) is 52.9 Å². The van der Waals surface area contributed by atoms with E-state index in [1.54, 1.807) is 5.20 Å². The van der Waals surface area contributed by atoms with Crippen LogP contribution < -0.4 is 0 Å². The minimum Gasteiger partial charge on any atom is -0.0922 e. The zero-order chi connectivity index (χ0) is 11.8. The summed E-state index contributed by atoms with van der Waals surface area (Å²) < 4.78 is 0. The highest BCUT2D eigenvalue weighted by atomic mass is 28.3. The van der Waals surface area contributed by atoms with Crippen LogP contribution in [-0.4, -0.2) is 8.80 Å². The zero-order valence-corrected chi connectivity index (χ0v) is 11.8. The summed E-state index contributed by atoms with van der Waals surface area (Å²) in [4.78, 5) is 0. The van der Waals surface area contributed by atoms with E-state index in [-0.39, 0.29) is 0 Å². The molecule has 0 nitrogen and oxygen atoms in total. The monoisotopic (exact) mass is 228 g/mol. The van der Waals surface area contributed by atoms with Crippen LogP contribution in [0.25, 0.3) is 0 Å². The van der Waals surface area contributed by atoms with E-state index in [1.165, 1.54) is 11.1 Å². The number of hydrogen-bond donors (Lipinski definition) is 0. The van der Waals surface area contributed by atoms with Crippen LogP contribution in [-0.2, 0) is 5.04 Å². The Kier molecular flexibility index (Phi) is 2.89. The van der Waals surface area contributed by atoms with Crippen LogP contribution in [0.2, 0.25) is 0 Å². The quantitative estimate of drug-likeness (QED) is 0.677. The molecule has 0 radical (unpaired) electrons. The lowest BCUT2D eigenvalue weighted by atomic mass is 10.0. The van der Waals surface area contributed by atoms with Crippen molar-refractivity contribution in [2.75, 3.05) is 0 Å². The molecule has 0 bridgehead atoms.